The van der Waals surface area contributed by atoms with Crippen molar-refractivity contribution in [2.45, 2.75) is 78.7 Å². The lowest BCUT2D eigenvalue weighted by atomic mass is 9.97. The Morgan fingerprint density at radius 2 is 1.67 bits per heavy atom. The Hall–Kier alpha value is -3.13. The molecular weight excluding hydrogens is 456 g/mol. The molecule has 0 unspecified atom stereocenters. The molecule has 2 amide bonds. The lowest BCUT2D eigenvalue weighted by Gasteiger charge is -2.27. The maximum atomic E-state index is 13.2. The monoisotopic (exact) mass is 496 g/mol. The van der Waals surface area contributed by atoms with Crippen LogP contribution in [0.2, 0.25) is 0 Å². The predicted molar refractivity (Wildman–Crippen MR) is 141 cm³/mol. The molecule has 1 aromatic heterocycles. The van der Waals surface area contributed by atoms with Crippen molar-refractivity contribution in [3.8, 4) is 0 Å². The van der Waals surface area contributed by atoms with E-state index >= 15 is 0 Å². The molecule has 1 aliphatic rings. The van der Waals surface area contributed by atoms with E-state index in [1.807, 2.05) is 90.9 Å². The molecule has 1 aliphatic heterocycles. The number of ether oxygens (including phenoxy) is 2. The second-order valence-electron chi connectivity index (χ2n) is 11.6. The van der Waals surface area contributed by atoms with Crippen LogP contribution in [0.4, 0.5) is 15.4 Å². The van der Waals surface area contributed by atoms with Crippen molar-refractivity contribution in [1.29, 1.82) is 0 Å². The van der Waals surface area contributed by atoms with Gasteiger partial charge in [0.25, 0.3) is 0 Å². The maximum absolute atomic E-state index is 13.2. The summed E-state index contributed by atoms with van der Waals surface area (Å²) >= 11 is 0. The number of pyridine rings is 1. The van der Waals surface area contributed by atoms with E-state index in [2.05, 4.69) is 0 Å². The molecule has 0 aliphatic carbocycles. The van der Waals surface area contributed by atoms with Gasteiger partial charge in [0.05, 0.1) is 6.54 Å². The van der Waals surface area contributed by atoms with Crippen LogP contribution in [0.15, 0.2) is 42.5 Å². The largest absolute Gasteiger partial charge is 0.444 e. The fraction of sp³-hybridized carbons (Fsp3) is 0.536. The van der Waals surface area contributed by atoms with Crippen molar-refractivity contribution in [3.05, 3.63) is 59.3 Å². The van der Waals surface area contributed by atoms with E-state index in [4.69, 9.17) is 20.2 Å². The van der Waals surface area contributed by atoms with Crippen LogP contribution in [0, 0.1) is 12.8 Å². The van der Waals surface area contributed by atoms with Gasteiger partial charge in [-0.1, -0.05) is 30.3 Å². The first-order chi connectivity index (χ1) is 16.7. The average molecular weight is 497 g/mol. The highest BCUT2D eigenvalue weighted by Gasteiger charge is 2.35. The smallest absolute Gasteiger partial charge is 0.416 e. The molecule has 0 bridgehead atoms. The number of nitrogens with zero attached hydrogens (tertiary/aromatic N) is 3. The zero-order valence-electron chi connectivity index (χ0n) is 22.6. The normalized spacial score (nSPS) is 18.2. The van der Waals surface area contributed by atoms with Gasteiger partial charge in [-0.05, 0) is 84.1 Å². The van der Waals surface area contributed by atoms with Crippen LogP contribution in [-0.4, -0.2) is 52.4 Å². The van der Waals surface area contributed by atoms with Gasteiger partial charge >= 0.3 is 12.2 Å². The van der Waals surface area contributed by atoms with Crippen LogP contribution in [0.25, 0.3) is 0 Å². The summed E-state index contributed by atoms with van der Waals surface area (Å²) in [7, 11) is 0. The molecule has 0 radical (unpaired) electrons. The summed E-state index contributed by atoms with van der Waals surface area (Å²) in [6.07, 6.45) is -0.218. The SMILES string of the molecule is Cc1cc(C[C@H]2CN(C(=O)OC(C)(C)C)C[C@H]2N)nc(N(Cc2ccccc2)C(=O)OC(C)(C)C)c1. The van der Waals surface area contributed by atoms with E-state index in [1.165, 1.54) is 0 Å². The molecule has 8 heteroatoms. The van der Waals surface area contributed by atoms with E-state index in [-0.39, 0.29) is 18.1 Å². The Morgan fingerprint density at radius 1 is 1.03 bits per heavy atom. The van der Waals surface area contributed by atoms with Gasteiger partial charge < -0.3 is 20.1 Å². The number of hydrogen-bond acceptors (Lipinski definition) is 6. The third-order valence-electron chi connectivity index (χ3n) is 5.70. The van der Waals surface area contributed by atoms with Gasteiger partial charge in [0.2, 0.25) is 0 Å². The minimum absolute atomic E-state index is 0.0313. The molecule has 1 saturated heterocycles. The molecule has 3 rings (SSSR count). The lowest BCUT2D eigenvalue weighted by Crippen LogP contribution is -2.37. The molecule has 2 atom stereocenters. The number of likely N-dealkylation sites (tertiary alicyclic amines) is 1. The highest BCUT2D eigenvalue weighted by molar-refractivity contribution is 5.86. The van der Waals surface area contributed by atoms with Gasteiger partial charge in [0, 0.05) is 24.8 Å². The van der Waals surface area contributed by atoms with Gasteiger partial charge in [-0.3, -0.25) is 4.90 Å². The predicted octanol–water partition coefficient (Wildman–Crippen LogP) is 5.07. The fourth-order valence-corrected chi connectivity index (χ4v) is 4.14. The zero-order chi connectivity index (χ0) is 26.7. The van der Waals surface area contributed by atoms with E-state index in [1.54, 1.807) is 9.80 Å². The number of benzene rings is 1. The van der Waals surface area contributed by atoms with Gasteiger partial charge in [-0.15, -0.1) is 0 Å². The van der Waals surface area contributed by atoms with E-state index < -0.39 is 17.3 Å². The standard InChI is InChI=1S/C28H40N4O4/c1-19-13-22(15-21-17-31(18-23(21)29)25(33)35-27(2,3)4)30-24(14-19)32(26(34)36-28(5,6)7)16-20-11-9-8-10-12-20/h8-14,21,23H,15-18,29H2,1-7H3/t21-,23+/m0/s1. The van der Waals surface area contributed by atoms with Gasteiger partial charge in [-0.25, -0.2) is 14.6 Å². The van der Waals surface area contributed by atoms with Crippen molar-refractivity contribution in [2.24, 2.45) is 11.7 Å². The van der Waals surface area contributed by atoms with Crippen molar-refractivity contribution in [2.75, 3.05) is 18.0 Å². The average Bonchev–Trinajstić information content (AvgIpc) is 3.10. The van der Waals surface area contributed by atoms with E-state index in [0.29, 0.717) is 31.9 Å². The summed E-state index contributed by atoms with van der Waals surface area (Å²) in [5.74, 6) is 0.558. The van der Waals surface area contributed by atoms with Crippen LogP contribution in [-0.2, 0) is 22.4 Å². The number of aryl methyl sites for hydroxylation is 1. The van der Waals surface area contributed by atoms with Gasteiger partial charge in [-0.2, -0.15) is 0 Å². The lowest BCUT2D eigenvalue weighted by molar-refractivity contribution is 0.0286. The highest BCUT2D eigenvalue weighted by Crippen LogP contribution is 2.25. The molecular formula is C28H40N4O4. The van der Waals surface area contributed by atoms with Gasteiger partial charge in [0.1, 0.15) is 17.0 Å². The Balaban J connectivity index is 1.82. The number of carbonyl (C=O) groups excluding carboxylic acids is 2. The van der Waals surface area contributed by atoms with Crippen LogP contribution < -0.4 is 10.6 Å². The molecule has 2 aromatic rings. The number of hydrogen-bond donors (Lipinski definition) is 1. The summed E-state index contributed by atoms with van der Waals surface area (Å²) < 4.78 is 11.2. The van der Waals surface area contributed by atoms with Crippen LogP contribution in [0.5, 0.6) is 0 Å². The number of rotatable bonds is 5. The Bertz CT molecular complexity index is 1060. The Labute approximate surface area is 214 Å². The van der Waals surface area contributed by atoms with Crippen molar-refractivity contribution >= 4 is 18.0 Å². The summed E-state index contributed by atoms with van der Waals surface area (Å²) in [6, 6.07) is 13.5. The molecule has 1 aromatic carbocycles. The van der Waals surface area contributed by atoms with Crippen LogP contribution in [0.3, 0.4) is 0 Å². The van der Waals surface area contributed by atoms with Gasteiger partial charge in [0.15, 0.2) is 0 Å². The molecule has 1 fully saturated rings. The van der Waals surface area contributed by atoms with Crippen molar-refractivity contribution in [3.63, 3.8) is 0 Å². The second-order valence-corrected chi connectivity index (χ2v) is 11.6. The number of anilines is 1. The maximum Gasteiger partial charge on any atom is 0.416 e. The fourth-order valence-electron chi connectivity index (χ4n) is 4.14. The summed E-state index contributed by atoms with van der Waals surface area (Å²) in [4.78, 5) is 33.8. The number of amides is 2. The molecule has 8 nitrogen and oxygen atoms in total. The Morgan fingerprint density at radius 3 is 2.28 bits per heavy atom. The summed E-state index contributed by atoms with van der Waals surface area (Å²) in [5, 5.41) is 0. The Kier molecular flexibility index (Phi) is 8.29. The molecule has 36 heavy (non-hydrogen) atoms. The number of nitrogens with two attached hydrogens (primary N) is 1. The summed E-state index contributed by atoms with van der Waals surface area (Å²) in [5.41, 5.74) is 7.98. The minimum atomic E-state index is -0.638. The first-order valence-corrected chi connectivity index (χ1v) is 12.5. The topological polar surface area (TPSA) is 98.0 Å². The highest BCUT2D eigenvalue weighted by atomic mass is 16.6. The first kappa shape index (κ1) is 27.5. The third kappa shape index (κ3) is 7.95. The molecule has 0 spiro atoms. The van der Waals surface area contributed by atoms with Crippen LogP contribution >= 0.6 is 0 Å². The van der Waals surface area contributed by atoms with E-state index in [0.717, 1.165) is 16.8 Å². The van der Waals surface area contributed by atoms with Crippen molar-refractivity contribution < 1.29 is 19.1 Å². The quantitative estimate of drug-likeness (QED) is 0.621. The first-order valence-electron chi connectivity index (χ1n) is 12.5. The van der Waals surface area contributed by atoms with E-state index in [9.17, 15) is 9.59 Å². The number of aromatic nitrogens is 1. The number of carbonyl (C=O) groups is 2. The molecule has 2 heterocycles. The minimum Gasteiger partial charge on any atom is -0.444 e. The zero-order valence-corrected chi connectivity index (χ0v) is 22.6. The third-order valence-corrected chi connectivity index (χ3v) is 5.70. The summed E-state index contributed by atoms with van der Waals surface area (Å²) in [6.45, 7) is 14.3. The van der Waals surface area contributed by atoms with Crippen molar-refractivity contribution in [1.82, 2.24) is 9.88 Å². The van der Waals surface area contributed by atoms with Crippen LogP contribution in [0.1, 0.15) is 58.4 Å². The molecule has 0 saturated carbocycles. The second kappa shape index (κ2) is 10.9. The molecule has 2 N–H and O–H groups in total. The molecule has 196 valence electrons.